The molecule has 0 aliphatic heterocycles. The number of nitrogens with zero attached hydrogens (tertiary/aromatic N) is 1. The van der Waals surface area contributed by atoms with Crippen LogP contribution in [0.15, 0.2) is 0 Å². The van der Waals surface area contributed by atoms with Crippen LogP contribution < -0.4 is 5.32 Å². The number of thiazole rings is 1. The predicted molar refractivity (Wildman–Crippen MR) is 80.7 cm³/mol. The minimum atomic E-state index is -0.515. The molecule has 21 heavy (non-hydrogen) atoms. The van der Waals surface area contributed by atoms with Gasteiger partial charge in [-0.3, -0.25) is 0 Å². The van der Waals surface area contributed by atoms with Crippen molar-refractivity contribution in [1.29, 1.82) is 0 Å². The molecule has 1 amide bonds. The first-order valence-corrected chi connectivity index (χ1v) is 7.65. The lowest BCUT2D eigenvalue weighted by atomic mass is 10.2. The fourth-order valence-corrected chi connectivity index (χ4v) is 2.49. The number of ether oxygens (including phenoxy) is 2. The maximum atomic E-state index is 11.7. The Labute approximate surface area is 128 Å². The van der Waals surface area contributed by atoms with Gasteiger partial charge in [-0.2, -0.15) is 0 Å². The fraction of sp³-hybridized carbons (Fsp3) is 0.643. The van der Waals surface area contributed by atoms with Crippen molar-refractivity contribution in [3.8, 4) is 0 Å². The third kappa shape index (κ3) is 6.12. The summed E-state index contributed by atoms with van der Waals surface area (Å²) in [5.41, 5.74) is 0.143. The van der Waals surface area contributed by atoms with Crippen LogP contribution in [0.25, 0.3) is 0 Å². The molecule has 0 fully saturated rings. The van der Waals surface area contributed by atoms with E-state index in [0.29, 0.717) is 30.1 Å². The molecular formula is C14H22N2O4S. The van der Waals surface area contributed by atoms with Gasteiger partial charge >= 0.3 is 12.1 Å². The lowest BCUT2D eigenvalue weighted by molar-refractivity contribution is 0.0519. The minimum absolute atomic E-state index is 0.339. The first-order chi connectivity index (χ1) is 9.73. The van der Waals surface area contributed by atoms with E-state index in [-0.39, 0.29) is 5.97 Å². The monoisotopic (exact) mass is 314 g/mol. The van der Waals surface area contributed by atoms with Gasteiger partial charge in [-0.1, -0.05) is 0 Å². The van der Waals surface area contributed by atoms with E-state index in [4.69, 9.17) is 9.47 Å². The Kier molecular flexibility index (Phi) is 6.14. The van der Waals surface area contributed by atoms with Gasteiger partial charge in [0.15, 0.2) is 0 Å². The van der Waals surface area contributed by atoms with Gasteiger partial charge in [0.05, 0.1) is 17.3 Å². The summed E-state index contributed by atoms with van der Waals surface area (Å²) in [7, 11) is 0. The highest BCUT2D eigenvalue weighted by atomic mass is 32.1. The van der Waals surface area contributed by atoms with Gasteiger partial charge in [-0.15, -0.1) is 11.3 Å². The number of hydrogen-bond donors (Lipinski definition) is 1. The van der Waals surface area contributed by atoms with Crippen LogP contribution in [0.1, 0.15) is 48.1 Å². The Hall–Kier alpha value is -1.63. The summed E-state index contributed by atoms with van der Waals surface area (Å²) in [4.78, 5) is 28.0. The summed E-state index contributed by atoms with van der Waals surface area (Å²) in [6.07, 6.45) is 0.0887. The number of esters is 1. The molecule has 0 atom stereocenters. The lowest BCUT2D eigenvalue weighted by Gasteiger charge is -2.19. The molecule has 0 unspecified atom stereocenters. The highest BCUT2D eigenvalue weighted by Gasteiger charge is 2.17. The molecule has 7 heteroatoms. The van der Waals surface area contributed by atoms with E-state index in [2.05, 4.69) is 10.3 Å². The molecule has 1 aromatic heterocycles. The van der Waals surface area contributed by atoms with Crippen molar-refractivity contribution in [2.75, 3.05) is 13.2 Å². The first kappa shape index (κ1) is 17.4. The number of aromatic nitrogens is 1. The van der Waals surface area contributed by atoms with Crippen LogP contribution in [-0.4, -0.2) is 35.8 Å². The summed E-state index contributed by atoms with van der Waals surface area (Å²) >= 11 is 1.29. The van der Waals surface area contributed by atoms with Gasteiger partial charge in [-0.05, 0) is 34.6 Å². The van der Waals surface area contributed by atoms with E-state index < -0.39 is 11.7 Å². The molecule has 0 aromatic carbocycles. The summed E-state index contributed by atoms with van der Waals surface area (Å²) in [6, 6.07) is 0. The average molecular weight is 314 g/mol. The van der Waals surface area contributed by atoms with E-state index in [1.165, 1.54) is 11.3 Å². The molecule has 0 saturated carbocycles. The van der Waals surface area contributed by atoms with Crippen LogP contribution in [0.3, 0.4) is 0 Å². The van der Waals surface area contributed by atoms with Crippen molar-refractivity contribution in [2.24, 2.45) is 0 Å². The van der Waals surface area contributed by atoms with Crippen molar-refractivity contribution in [1.82, 2.24) is 10.3 Å². The van der Waals surface area contributed by atoms with E-state index in [1.807, 2.05) is 20.8 Å². The van der Waals surface area contributed by atoms with Gasteiger partial charge in [0.1, 0.15) is 10.5 Å². The highest BCUT2D eigenvalue weighted by Crippen LogP contribution is 2.19. The molecule has 1 rings (SSSR count). The molecule has 1 N–H and O–H groups in total. The topological polar surface area (TPSA) is 77.5 Å². The van der Waals surface area contributed by atoms with Crippen LogP contribution in [0.4, 0.5) is 4.79 Å². The second kappa shape index (κ2) is 7.40. The van der Waals surface area contributed by atoms with Crippen molar-refractivity contribution >= 4 is 23.4 Å². The number of nitrogens with one attached hydrogen (secondary N) is 1. The van der Waals surface area contributed by atoms with Crippen LogP contribution in [0.5, 0.6) is 0 Å². The quantitative estimate of drug-likeness (QED) is 0.846. The molecule has 118 valence electrons. The normalized spacial score (nSPS) is 11.1. The molecule has 0 radical (unpaired) electrons. The Balaban J connectivity index is 2.48. The summed E-state index contributed by atoms with van der Waals surface area (Å²) in [6.45, 7) is 9.70. The standard InChI is InChI=1S/C14H22N2O4S/c1-6-19-12(17)11-9(2)16-10(21-11)7-8-15-13(18)20-14(3,4)5/h6-8H2,1-5H3,(H,15,18). The number of carbonyl (C=O) groups is 2. The average Bonchev–Trinajstić information content (AvgIpc) is 2.68. The van der Waals surface area contributed by atoms with Gasteiger partial charge in [-0.25, -0.2) is 14.6 Å². The molecule has 0 bridgehead atoms. The Morgan fingerprint density at radius 1 is 1.33 bits per heavy atom. The second-order valence-corrected chi connectivity index (χ2v) is 6.50. The zero-order valence-electron chi connectivity index (χ0n) is 13.1. The highest BCUT2D eigenvalue weighted by molar-refractivity contribution is 7.13. The summed E-state index contributed by atoms with van der Waals surface area (Å²) < 4.78 is 10.1. The first-order valence-electron chi connectivity index (χ1n) is 6.83. The molecule has 1 aromatic rings. The van der Waals surface area contributed by atoms with Crippen molar-refractivity contribution in [3.63, 3.8) is 0 Å². The number of amides is 1. The van der Waals surface area contributed by atoms with E-state index in [1.54, 1.807) is 13.8 Å². The lowest BCUT2D eigenvalue weighted by Crippen LogP contribution is -2.33. The smallest absolute Gasteiger partial charge is 0.407 e. The van der Waals surface area contributed by atoms with Crippen LogP contribution in [-0.2, 0) is 15.9 Å². The van der Waals surface area contributed by atoms with Gasteiger partial charge < -0.3 is 14.8 Å². The molecule has 6 nitrogen and oxygen atoms in total. The third-order valence-corrected chi connectivity index (χ3v) is 3.51. The molecule has 0 aliphatic rings. The number of carbonyl (C=O) groups excluding carboxylic acids is 2. The largest absolute Gasteiger partial charge is 0.462 e. The Morgan fingerprint density at radius 2 is 2.00 bits per heavy atom. The summed E-state index contributed by atoms with van der Waals surface area (Å²) in [5.74, 6) is -0.348. The molecule has 0 saturated heterocycles. The SMILES string of the molecule is CCOC(=O)c1sc(CCNC(=O)OC(C)(C)C)nc1C. The van der Waals surface area contributed by atoms with Crippen LogP contribution in [0.2, 0.25) is 0 Å². The molecule has 0 spiro atoms. The van der Waals surface area contributed by atoms with Crippen molar-refractivity contribution < 1.29 is 19.1 Å². The van der Waals surface area contributed by atoms with Crippen molar-refractivity contribution in [2.45, 2.75) is 46.6 Å². The second-order valence-electron chi connectivity index (χ2n) is 5.42. The van der Waals surface area contributed by atoms with Crippen LogP contribution in [0, 0.1) is 6.92 Å². The number of alkyl carbamates (subject to hydrolysis) is 1. The fourth-order valence-electron chi connectivity index (χ4n) is 1.53. The van der Waals surface area contributed by atoms with Crippen LogP contribution >= 0.6 is 11.3 Å². The zero-order chi connectivity index (χ0) is 16.0. The van der Waals surface area contributed by atoms with Gasteiger partial charge in [0.2, 0.25) is 0 Å². The Bertz CT molecular complexity index is 506. The molecular weight excluding hydrogens is 292 g/mol. The maximum absolute atomic E-state index is 11.7. The Morgan fingerprint density at radius 3 is 2.57 bits per heavy atom. The molecule has 0 aliphatic carbocycles. The summed E-state index contributed by atoms with van der Waals surface area (Å²) in [5, 5.41) is 3.44. The maximum Gasteiger partial charge on any atom is 0.407 e. The molecule has 1 heterocycles. The van der Waals surface area contributed by atoms with Crippen molar-refractivity contribution in [3.05, 3.63) is 15.6 Å². The van der Waals surface area contributed by atoms with Gasteiger partial charge in [0, 0.05) is 13.0 Å². The van der Waals surface area contributed by atoms with Gasteiger partial charge in [0.25, 0.3) is 0 Å². The van der Waals surface area contributed by atoms with E-state index >= 15 is 0 Å². The number of hydrogen-bond acceptors (Lipinski definition) is 6. The van der Waals surface area contributed by atoms with E-state index in [0.717, 1.165) is 5.01 Å². The number of rotatable bonds is 5. The zero-order valence-corrected chi connectivity index (χ0v) is 13.9. The minimum Gasteiger partial charge on any atom is -0.462 e. The van der Waals surface area contributed by atoms with E-state index in [9.17, 15) is 9.59 Å². The number of aryl methyl sites for hydroxylation is 1. The predicted octanol–water partition coefficient (Wildman–Crippen LogP) is 2.70. The third-order valence-electron chi connectivity index (χ3n) is 2.31.